The quantitative estimate of drug-likeness (QED) is 0.124. The summed E-state index contributed by atoms with van der Waals surface area (Å²) in [6.07, 6.45) is 0. The fourth-order valence-corrected chi connectivity index (χ4v) is 10.6. The minimum absolute atomic E-state index is 1.22. The van der Waals surface area contributed by atoms with Crippen LogP contribution in [0.4, 0.5) is 0 Å². The molecule has 276 valence electrons. The molecule has 0 heteroatoms. The first kappa shape index (κ1) is 33.2. The maximum atomic E-state index is 2.47. The SMILES string of the molecule is c1ccc2c(-c3ccc4c(-c5ccc6c7ccccc7c7ccccc7c6c5)c5ccccc5c(-c5ccc6c7ccccc7c7ccccc7c6c5)c4c3)cccc2c1. The highest BCUT2D eigenvalue weighted by atomic mass is 14.2. The summed E-state index contributed by atoms with van der Waals surface area (Å²) < 4.78 is 0. The summed E-state index contributed by atoms with van der Waals surface area (Å²) in [5.74, 6) is 0. The van der Waals surface area contributed by atoms with Crippen LogP contribution in [0.1, 0.15) is 0 Å². The Balaban J connectivity index is 1.16. The van der Waals surface area contributed by atoms with E-state index in [0.29, 0.717) is 0 Å². The maximum Gasteiger partial charge on any atom is -0.00259 e. The number of fused-ring (bicyclic) bond motifs is 15. The molecule has 0 unspecified atom stereocenters. The zero-order valence-corrected chi connectivity index (χ0v) is 32.8. The average Bonchev–Trinajstić information content (AvgIpc) is 3.32. The zero-order chi connectivity index (χ0) is 39.3. The van der Waals surface area contributed by atoms with E-state index in [1.54, 1.807) is 0 Å². The molecule has 0 aliphatic heterocycles. The molecule has 0 aliphatic carbocycles. The van der Waals surface area contributed by atoms with Gasteiger partial charge in [-0.25, -0.2) is 0 Å². The van der Waals surface area contributed by atoms with Gasteiger partial charge in [0.05, 0.1) is 0 Å². The lowest BCUT2D eigenvalue weighted by atomic mass is 9.83. The normalized spacial score (nSPS) is 12.0. The lowest BCUT2D eigenvalue weighted by Gasteiger charge is -2.20. The van der Waals surface area contributed by atoms with Crippen molar-refractivity contribution >= 4 is 97.0 Å². The van der Waals surface area contributed by atoms with Crippen molar-refractivity contribution in [2.75, 3.05) is 0 Å². The Hall–Kier alpha value is -7.80. The Morgan fingerprint density at radius 3 is 0.950 bits per heavy atom. The molecule has 0 spiro atoms. The number of hydrogen-bond acceptors (Lipinski definition) is 0. The molecule has 0 aromatic heterocycles. The van der Waals surface area contributed by atoms with Crippen LogP contribution in [0.3, 0.4) is 0 Å². The molecule has 13 rings (SSSR count). The molecule has 0 aliphatic rings. The molecule has 0 amide bonds. The fourth-order valence-electron chi connectivity index (χ4n) is 10.6. The van der Waals surface area contributed by atoms with E-state index in [2.05, 4.69) is 218 Å². The molecule has 13 aromatic carbocycles. The average molecular weight is 757 g/mol. The van der Waals surface area contributed by atoms with Gasteiger partial charge in [0.25, 0.3) is 0 Å². The zero-order valence-electron chi connectivity index (χ0n) is 32.8. The molecule has 60 heavy (non-hydrogen) atoms. The van der Waals surface area contributed by atoms with Gasteiger partial charge in [-0.1, -0.05) is 200 Å². The van der Waals surface area contributed by atoms with Crippen molar-refractivity contribution in [3.05, 3.63) is 218 Å². The monoisotopic (exact) mass is 756 g/mol. The lowest BCUT2D eigenvalue weighted by molar-refractivity contribution is 1.67. The van der Waals surface area contributed by atoms with Crippen LogP contribution < -0.4 is 0 Å². The van der Waals surface area contributed by atoms with Crippen molar-refractivity contribution < 1.29 is 0 Å². The fraction of sp³-hybridized carbons (Fsp3) is 0. The van der Waals surface area contributed by atoms with E-state index in [-0.39, 0.29) is 0 Å². The highest BCUT2D eigenvalue weighted by Crippen LogP contribution is 2.48. The third kappa shape index (κ3) is 4.79. The largest absolute Gasteiger partial charge is 0.0616 e. The smallest absolute Gasteiger partial charge is 0.00259 e. The first-order valence-electron chi connectivity index (χ1n) is 20.9. The van der Waals surface area contributed by atoms with Gasteiger partial charge in [-0.3, -0.25) is 0 Å². The third-order valence-electron chi connectivity index (χ3n) is 13.2. The third-order valence-corrected chi connectivity index (χ3v) is 13.2. The summed E-state index contributed by atoms with van der Waals surface area (Å²) in [5, 5.41) is 23.0. The standard InChI is InChI=1S/C60H36/c1-2-16-41-37(14-1)15-13-27-42(41)38-28-33-55-58(34-38)60(40-30-32-52-48-22-6-4-18-44(48)46-20-8-10-24-50(46)57(52)36-40)54-26-12-11-25-53(54)59(55)39-29-31-51-47-21-5-3-17-43(47)45-19-7-9-23-49(45)56(51)35-39/h1-36H. The van der Waals surface area contributed by atoms with Crippen LogP contribution in [-0.2, 0) is 0 Å². The van der Waals surface area contributed by atoms with Gasteiger partial charge >= 0.3 is 0 Å². The van der Waals surface area contributed by atoms with Gasteiger partial charge < -0.3 is 0 Å². The minimum Gasteiger partial charge on any atom is -0.0616 e. The summed E-state index contributed by atoms with van der Waals surface area (Å²) in [6, 6.07) is 81.6. The second-order valence-electron chi connectivity index (χ2n) is 16.3. The van der Waals surface area contributed by atoms with E-state index in [1.165, 1.54) is 130 Å². The second-order valence-corrected chi connectivity index (χ2v) is 16.3. The Labute approximate surface area is 347 Å². The van der Waals surface area contributed by atoms with E-state index >= 15 is 0 Å². The highest BCUT2D eigenvalue weighted by Gasteiger charge is 2.20. The molecular formula is C60H36. The molecule has 0 atom stereocenters. The molecule has 0 radical (unpaired) electrons. The molecule has 0 saturated carbocycles. The van der Waals surface area contributed by atoms with E-state index in [9.17, 15) is 0 Å². The van der Waals surface area contributed by atoms with Gasteiger partial charge in [-0.2, -0.15) is 0 Å². The first-order valence-corrected chi connectivity index (χ1v) is 20.9. The van der Waals surface area contributed by atoms with Crippen molar-refractivity contribution in [2.45, 2.75) is 0 Å². The summed E-state index contributed by atoms with van der Waals surface area (Å²) in [4.78, 5) is 0. The molecule has 0 saturated heterocycles. The predicted octanol–water partition coefficient (Wildman–Crippen LogP) is 17.1. The van der Waals surface area contributed by atoms with E-state index in [1.807, 2.05) is 0 Å². The van der Waals surface area contributed by atoms with Crippen LogP contribution in [0.15, 0.2) is 218 Å². The van der Waals surface area contributed by atoms with Crippen molar-refractivity contribution in [1.29, 1.82) is 0 Å². The number of benzene rings is 13. The van der Waals surface area contributed by atoms with Crippen molar-refractivity contribution in [2.24, 2.45) is 0 Å². The van der Waals surface area contributed by atoms with Crippen molar-refractivity contribution in [3.63, 3.8) is 0 Å². The Kier molecular flexibility index (Phi) is 7.11. The topological polar surface area (TPSA) is 0 Å². The molecule has 13 aromatic rings. The van der Waals surface area contributed by atoms with Crippen LogP contribution in [0.5, 0.6) is 0 Å². The van der Waals surface area contributed by atoms with Gasteiger partial charge in [0.15, 0.2) is 0 Å². The Morgan fingerprint density at radius 2 is 0.467 bits per heavy atom. The van der Waals surface area contributed by atoms with Crippen LogP contribution >= 0.6 is 0 Å². The summed E-state index contributed by atoms with van der Waals surface area (Å²) in [7, 11) is 0. The van der Waals surface area contributed by atoms with E-state index < -0.39 is 0 Å². The second kappa shape index (κ2) is 12.9. The van der Waals surface area contributed by atoms with Gasteiger partial charge in [-0.05, 0) is 149 Å². The van der Waals surface area contributed by atoms with Crippen LogP contribution in [-0.4, -0.2) is 0 Å². The highest BCUT2D eigenvalue weighted by molar-refractivity contribution is 6.29. The van der Waals surface area contributed by atoms with Crippen LogP contribution in [0.2, 0.25) is 0 Å². The summed E-state index contributed by atoms with van der Waals surface area (Å²) in [5.41, 5.74) is 7.45. The Bertz CT molecular complexity index is 3870. The van der Waals surface area contributed by atoms with Gasteiger partial charge in [-0.15, -0.1) is 0 Å². The summed E-state index contributed by atoms with van der Waals surface area (Å²) in [6.45, 7) is 0. The molecule has 0 nitrogen and oxygen atoms in total. The van der Waals surface area contributed by atoms with E-state index in [4.69, 9.17) is 0 Å². The van der Waals surface area contributed by atoms with Crippen molar-refractivity contribution in [1.82, 2.24) is 0 Å². The van der Waals surface area contributed by atoms with Crippen LogP contribution in [0.25, 0.3) is 130 Å². The maximum absolute atomic E-state index is 2.47. The number of rotatable bonds is 3. The Morgan fingerprint density at radius 1 is 0.167 bits per heavy atom. The molecule has 0 heterocycles. The van der Waals surface area contributed by atoms with Gasteiger partial charge in [0.2, 0.25) is 0 Å². The molecular weight excluding hydrogens is 721 g/mol. The summed E-state index contributed by atoms with van der Waals surface area (Å²) >= 11 is 0. The first-order chi connectivity index (χ1) is 29.8. The molecule has 0 N–H and O–H groups in total. The minimum atomic E-state index is 1.22. The van der Waals surface area contributed by atoms with Gasteiger partial charge in [0, 0.05) is 0 Å². The lowest BCUT2D eigenvalue weighted by Crippen LogP contribution is -1.93. The number of hydrogen-bond donors (Lipinski definition) is 0. The van der Waals surface area contributed by atoms with Crippen LogP contribution in [0, 0.1) is 0 Å². The van der Waals surface area contributed by atoms with Crippen molar-refractivity contribution in [3.8, 4) is 33.4 Å². The predicted molar refractivity (Wildman–Crippen MR) is 260 cm³/mol. The van der Waals surface area contributed by atoms with E-state index in [0.717, 1.165) is 0 Å². The molecule has 0 bridgehead atoms. The molecule has 0 fully saturated rings. The van der Waals surface area contributed by atoms with Gasteiger partial charge in [0.1, 0.15) is 0 Å².